The number of nitrogens with zero attached hydrogens (tertiary/aromatic N) is 2. The molecule has 0 saturated carbocycles. The van der Waals surface area contributed by atoms with Gasteiger partial charge in [-0.1, -0.05) is 6.07 Å². The van der Waals surface area contributed by atoms with Gasteiger partial charge < -0.3 is 4.90 Å². The average molecular weight is 328 g/mol. The van der Waals surface area contributed by atoms with E-state index in [0.717, 1.165) is 6.07 Å². The van der Waals surface area contributed by atoms with Gasteiger partial charge in [0.1, 0.15) is 10.7 Å². The molecule has 7 heteroatoms. The highest BCUT2D eigenvalue weighted by Crippen LogP contribution is 2.26. The lowest BCUT2D eigenvalue weighted by Crippen LogP contribution is -2.45. The van der Waals surface area contributed by atoms with E-state index in [-0.39, 0.29) is 23.3 Å². The number of hydrogen-bond acceptors (Lipinski definition) is 3. The van der Waals surface area contributed by atoms with Crippen LogP contribution in [-0.2, 0) is 14.8 Å². The van der Waals surface area contributed by atoms with Gasteiger partial charge >= 0.3 is 0 Å². The number of piperidine rings is 1. The van der Waals surface area contributed by atoms with Gasteiger partial charge in [0.15, 0.2) is 0 Å². The Kier molecular flexibility index (Phi) is 4.87. The van der Waals surface area contributed by atoms with E-state index in [0.29, 0.717) is 24.9 Å². The van der Waals surface area contributed by atoms with Crippen molar-refractivity contribution < 1.29 is 17.6 Å². The molecule has 1 atom stereocenters. The highest BCUT2D eigenvalue weighted by molar-refractivity contribution is 7.89. The van der Waals surface area contributed by atoms with E-state index in [2.05, 4.69) is 0 Å². The monoisotopic (exact) mass is 328 g/mol. The van der Waals surface area contributed by atoms with Gasteiger partial charge in [0.05, 0.1) is 5.92 Å². The quantitative estimate of drug-likeness (QED) is 0.847. The molecule has 0 aromatic heterocycles. The van der Waals surface area contributed by atoms with Crippen molar-refractivity contribution in [1.29, 1.82) is 0 Å². The second kappa shape index (κ2) is 6.34. The van der Waals surface area contributed by atoms with Crippen LogP contribution in [0, 0.1) is 18.7 Å². The highest BCUT2D eigenvalue weighted by Gasteiger charge is 2.35. The Bertz CT molecular complexity index is 673. The molecule has 1 aromatic rings. The molecule has 0 N–H and O–H groups in total. The van der Waals surface area contributed by atoms with Gasteiger partial charge in [-0.3, -0.25) is 4.79 Å². The summed E-state index contributed by atoms with van der Waals surface area (Å²) in [6, 6.07) is 4.03. The molecule has 1 saturated heterocycles. The van der Waals surface area contributed by atoms with E-state index >= 15 is 0 Å². The Balaban J connectivity index is 2.29. The molecular formula is C15H21FN2O3S. The molecule has 5 nitrogen and oxygen atoms in total. The summed E-state index contributed by atoms with van der Waals surface area (Å²) < 4.78 is 40.5. The topological polar surface area (TPSA) is 57.7 Å². The van der Waals surface area contributed by atoms with Gasteiger partial charge in [-0.05, 0) is 37.5 Å². The molecule has 122 valence electrons. The first-order chi connectivity index (χ1) is 10.2. The van der Waals surface area contributed by atoms with Crippen molar-refractivity contribution >= 4 is 15.9 Å². The van der Waals surface area contributed by atoms with Gasteiger partial charge in [0.2, 0.25) is 15.9 Å². The fraction of sp³-hybridized carbons (Fsp3) is 0.533. The Hall–Kier alpha value is -1.47. The molecule has 1 aliphatic heterocycles. The number of halogens is 1. The number of carbonyl (C=O) groups is 1. The number of rotatable bonds is 3. The molecule has 1 aliphatic rings. The van der Waals surface area contributed by atoms with Crippen LogP contribution < -0.4 is 0 Å². The van der Waals surface area contributed by atoms with Crippen LogP contribution in [0.5, 0.6) is 0 Å². The van der Waals surface area contributed by atoms with Crippen LogP contribution in [0.2, 0.25) is 0 Å². The second-order valence-corrected chi connectivity index (χ2v) is 7.78. The largest absolute Gasteiger partial charge is 0.349 e. The molecule has 0 bridgehead atoms. The number of amides is 1. The smallest absolute Gasteiger partial charge is 0.246 e. The molecule has 22 heavy (non-hydrogen) atoms. The van der Waals surface area contributed by atoms with Crippen LogP contribution in [0.25, 0.3) is 0 Å². The molecule has 1 fully saturated rings. The molecule has 0 radical (unpaired) electrons. The minimum absolute atomic E-state index is 0.0929. The molecule has 2 rings (SSSR count). The zero-order chi connectivity index (χ0) is 16.5. The predicted molar refractivity (Wildman–Crippen MR) is 81.3 cm³/mol. The van der Waals surface area contributed by atoms with Gasteiger partial charge in [-0.15, -0.1) is 0 Å². The molecule has 1 amide bonds. The third-order valence-electron chi connectivity index (χ3n) is 3.88. The van der Waals surface area contributed by atoms with Crippen molar-refractivity contribution in [3.05, 3.63) is 29.6 Å². The lowest BCUT2D eigenvalue weighted by atomic mass is 9.98. The Morgan fingerprint density at radius 1 is 1.36 bits per heavy atom. The number of aryl methyl sites for hydroxylation is 1. The van der Waals surface area contributed by atoms with Gasteiger partial charge in [0, 0.05) is 27.2 Å². The third kappa shape index (κ3) is 3.30. The molecule has 0 aliphatic carbocycles. The van der Waals surface area contributed by atoms with Crippen molar-refractivity contribution in [2.24, 2.45) is 5.92 Å². The first-order valence-electron chi connectivity index (χ1n) is 7.21. The van der Waals surface area contributed by atoms with Crippen molar-refractivity contribution in [2.45, 2.75) is 24.7 Å². The summed E-state index contributed by atoms with van der Waals surface area (Å²) >= 11 is 0. The summed E-state index contributed by atoms with van der Waals surface area (Å²) in [7, 11) is -0.622. The zero-order valence-electron chi connectivity index (χ0n) is 13.0. The Morgan fingerprint density at radius 2 is 2.05 bits per heavy atom. The standard InChI is InChI=1S/C15H21FN2O3S/c1-11-6-7-13(16)14(9-11)22(20,21)18-8-4-5-12(10-18)15(19)17(2)3/h6-7,9,12H,4-5,8,10H2,1-3H3. The summed E-state index contributed by atoms with van der Waals surface area (Å²) in [5.41, 5.74) is 0.679. The van der Waals surface area contributed by atoms with E-state index in [1.165, 1.54) is 21.3 Å². The van der Waals surface area contributed by atoms with Crippen LogP contribution in [0.4, 0.5) is 4.39 Å². The molecule has 1 unspecified atom stereocenters. The van der Waals surface area contributed by atoms with E-state index < -0.39 is 15.8 Å². The molecular weight excluding hydrogens is 307 g/mol. The Labute approximate surface area is 130 Å². The van der Waals surface area contributed by atoms with Crippen molar-refractivity contribution in [1.82, 2.24) is 9.21 Å². The van der Waals surface area contributed by atoms with Crippen molar-refractivity contribution in [2.75, 3.05) is 27.2 Å². The number of benzene rings is 1. The Morgan fingerprint density at radius 3 is 2.68 bits per heavy atom. The fourth-order valence-corrected chi connectivity index (χ4v) is 4.35. The fourth-order valence-electron chi connectivity index (χ4n) is 2.67. The lowest BCUT2D eigenvalue weighted by molar-refractivity contribution is -0.134. The summed E-state index contributed by atoms with van der Waals surface area (Å²) in [5.74, 6) is -1.22. The normalized spacial score (nSPS) is 19.9. The highest BCUT2D eigenvalue weighted by atomic mass is 32.2. The third-order valence-corrected chi connectivity index (χ3v) is 5.76. The maximum Gasteiger partial charge on any atom is 0.246 e. The minimum Gasteiger partial charge on any atom is -0.349 e. The summed E-state index contributed by atoms with van der Waals surface area (Å²) in [6.07, 6.45) is 1.25. The van der Waals surface area contributed by atoms with E-state index in [1.807, 2.05) is 0 Å². The summed E-state index contributed by atoms with van der Waals surface area (Å²) in [6.45, 7) is 2.13. The van der Waals surface area contributed by atoms with Crippen molar-refractivity contribution in [3.63, 3.8) is 0 Å². The van der Waals surface area contributed by atoms with E-state index in [1.54, 1.807) is 21.0 Å². The van der Waals surface area contributed by atoms with Gasteiger partial charge in [-0.2, -0.15) is 4.31 Å². The van der Waals surface area contributed by atoms with Crippen LogP contribution in [0.15, 0.2) is 23.1 Å². The number of carbonyl (C=O) groups excluding carboxylic acids is 1. The van der Waals surface area contributed by atoms with Crippen LogP contribution in [0.3, 0.4) is 0 Å². The predicted octanol–water partition coefficient (Wildman–Crippen LogP) is 1.62. The first kappa shape index (κ1) is 16.9. The average Bonchev–Trinajstić information content (AvgIpc) is 2.48. The summed E-state index contributed by atoms with van der Waals surface area (Å²) in [5, 5.41) is 0. The lowest BCUT2D eigenvalue weighted by Gasteiger charge is -2.32. The second-order valence-electron chi connectivity index (χ2n) is 5.87. The van der Waals surface area contributed by atoms with Crippen LogP contribution >= 0.6 is 0 Å². The van der Waals surface area contributed by atoms with Gasteiger partial charge in [-0.25, -0.2) is 12.8 Å². The minimum atomic E-state index is -3.92. The number of hydrogen-bond donors (Lipinski definition) is 0. The van der Waals surface area contributed by atoms with Crippen LogP contribution in [-0.4, -0.2) is 50.7 Å². The summed E-state index contributed by atoms with van der Waals surface area (Å²) in [4.78, 5) is 13.2. The van der Waals surface area contributed by atoms with E-state index in [4.69, 9.17) is 0 Å². The van der Waals surface area contributed by atoms with Gasteiger partial charge in [0.25, 0.3) is 0 Å². The zero-order valence-corrected chi connectivity index (χ0v) is 13.9. The molecule has 1 heterocycles. The maximum absolute atomic E-state index is 13.9. The maximum atomic E-state index is 13.9. The van der Waals surface area contributed by atoms with Crippen molar-refractivity contribution in [3.8, 4) is 0 Å². The van der Waals surface area contributed by atoms with E-state index in [9.17, 15) is 17.6 Å². The molecule has 1 aromatic carbocycles. The number of sulfonamides is 1. The molecule has 0 spiro atoms. The SMILES string of the molecule is Cc1ccc(F)c(S(=O)(=O)N2CCCC(C(=O)N(C)C)C2)c1. The van der Waals surface area contributed by atoms with Crippen LogP contribution in [0.1, 0.15) is 18.4 Å². The first-order valence-corrected chi connectivity index (χ1v) is 8.65.